The number of allylic oxidation sites excluding steroid dienone is 2. The number of hydrogen-bond acceptors (Lipinski definition) is 5. The highest BCUT2D eigenvalue weighted by Crippen LogP contribution is 2.28. The molecule has 0 saturated carbocycles. The van der Waals surface area contributed by atoms with E-state index in [1.165, 1.54) is 0 Å². The minimum atomic E-state index is -0.266. The van der Waals surface area contributed by atoms with Crippen LogP contribution in [0, 0.1) is 13.8 Å². The van der Waals surface area contributed by atoms with Crippen LogP contribution in [0.1, 0.15) is 37.1 Å². The van der Waals surface area contributed by atoms with E-state index in [1.807, 2.05) is 40.0 Å². The van der Waals surface area contributed by atoms with Gasteiger partial charge in [0.1, 0.15) is 5.75 Å². The van der Waals surface area contributed by atoms with Crippen LogP contribution in [-0.4, -0.2) is 37.5 Å². The largest absolute Gasteiger partial charge is 0.496 e. The number of aromatic nitrogens is 1. The maximum atomic E-state index is 6.01. The summed E-state index contributed by atoms with van der Waals surface area (Å²) in [5.41, 5.74) is 3.83. The zero-order chi connectivity index (χ0) is 18.0. The molecule has 0 amide bonds. The molecule has 134 valence electrons. The molecule has 0 radical (unpaired) electrons. The quantitative estimate of drug-likeness (QED) is 0.768. The molecule has 3 rings (SSSR count). The fourth-order valence-electron chi connectivity index (χ4n) is 3.12. The molecule has 1 aliphatic heterocycles. The predicted molar refractivity (Wildman–Crippen MR) is 97.6 cm³/mol. The van der Waals surface area contributed by atoms with E-state index < -0.39 is 0 Å². The Morgan fingerprint density at radius 2 is 2.16 bits per heavy atom. The van der Waals surface area contributed by atoms with Crippen LogP contribution in [0.5, 0.6) is 5.75 Å². The van der Waals surface area contributed by atoms with E-state index in [9.17, 15) is 0 Å². The SMILES string of the molecule is COc1c(C)cnc(COC2C=CC(B3OCC(C)(C)O3)=CC2)c1C. The van der Waals surface area contributed by atoms with Crippen molar-refractivity contribution in [1.82, 2.24) is 4.98 Å². The lowest BCUT2D eigenvalue weighted by atomic mass is 9.75. The van der Waals surface area contributed by atoms with Gasteiger partial charge >= 0.3 is 7.12 Å². The second kappa shape index (κ2) is 7.32. The topological polar surface area (TPSA) is 49.8 Å². The predicted octanol–water partition coefficient (Wildman–Crippen LogP) is 3.33. The number of methoxy groups -OCH3 is 1. The summed E-state index contributed by atoms with van der Waals surface area (Å²) in [6, 6.07) is 0. The Morgan fingerprint density at radius 3 is 2.76 bits per heavy atom. The number of rotatable bonds is 5. The van der Waals surface area contributed by atoms with Gasteiger partial charge < -0.3 is 18.8 Å². The van der Waals surface area contributed by atoms with E-state index in [2.05, 4.69) is 17.1 Å². The van der Waals surface area contributed by atoms with Crippen molar-refractivity contribution in [2.75, 3.05) is 13.7 Å². The highest BCUT2D eigenvalue weighted by Gasteiger charge is 2.39. The van der Waals surface area contributed by atoms with Gasteiger partial charge in [-0.15, -0.1) is 0 Å². The summed E-state index contributed by atoms with van der Waals surface area (Å²) in [5.74, 6) is 0.883. The highest BCUT2D eigenvalue weighted by molar-refractivity contribution is 6.55. The minimum Gasteiger partial charge on any atom is -0.496 e. The lowest BCUT2D eigenvalue weighted by Crippen LogP contribution is -2.26. The first-order chi connectivity index (χ1) is 11.9. The molecule has 1 saturated heterocycles. The summed E-state index contributed by atoms with van der Waals surface area (Å²) in [5, 5.41) is 0. The summed E-state index contributed by atoms with van der Waals surface area (Å²) >= 11 is 0. The van der Waals surface area contributed by atoms with E-state index in [4.69, 9.17) is 18.8 Å². The molecule has 1 fully saturated rings. The Bertz CT molecular complexity index is 699. The van der Waals surface area contributed by atoms with Gasteiger partial charge in [0.2, 0.25) is 0 Å². The monoisotopic (exact) mass is 343 g/mol. The van der Waals surface area contributed by atoms with Gasteiger partial charge in [-0.2, -0.15) is 0 Å². The highest BCUT2D eigenvalue weighted by atomic mass is 16.7. The van der Waals surface area contributed by atoms with E-state index in [-0.39, 0.29) is 18.8 Å². The molecule has 1 atom stereocenters. The molecule has 5 nitrogen and oxygen atoms in total. The van der Waals surface area contributed by atoms with Crippen LogP contribution in [0.2, 0.25) is 0 Å². The molecule has 0 spiro atoms. The van der Waals surface area contributed by atoms with Crippen molar-refractivity contribution >= 4 is 7.12 Å². The molecular weight excluding hydrogens is 317 g/mol. The van der Waals surface area contributed by atoms with Crippen molar-refractivity contribution < 1.29 is 18.8 Å². The number of nitrogens with zero attached hydrogens (tertiary/aromatic N) is 1. The summed E-state index contributed by atoms with van der Waals surface area (Å²) in [6.07, 6.45) is 8.90. The summed E-state index contributed by atoms with van der Waals surface area (Å²) in [7, 11) is 1.42. The first-order valence-electron chi connectivity index (χ1n) is 8.68. The smallest absolute Gasteiger partial charge is 0.494 e. The maximum absolute atomic E-state index is 6.01. The minimum absolute atomic E-state index is 0.0339. The Morgan fingerprint density at radius 1 is 1.36 bits per heavy atom. The lowest BCUT2D eigenvalue weighted by Gasteiger charge is -2.20. The third-order valence-electron chi connectivity index (χ3n) is 4.55. The molecule has 0 bridgehead atoms. The number of aryl methyl sites for hydroxylation is 1. The Balaban J connectivity index is 1.56. The molecule has 2 aliphatic rings. The summed E-state index contributed by atoms with van der Waals surface area (Å²) < 4.78 is 23.1. The van der Waals surface area contributed by atoms with Gasteiger partial charge in [0.25, 0.3) is 0 Å². The zero-order valence-corrected chi connectivity index (χ0v) is 15.7. The van der Waals surface area contributed by atoms with E-state index in [1.54, 1.807) is 7.11 Å². The molecule has 1 aromatic rings. The molecule has 25 heavy (non-hydrogen) atoms. The first kappa shape index (κ1) is 18.2. The van der Waals surface area contributed by atoms with Gasteiger partial charge in [0.05, 0.1) is 37.7 Å². The van der Waals surface area contributed by atoms with Gasteiger partial charge in [0, 0.05) is 17.3 Å². The molecule has 1 unspecified atom stereocenters. The van der Waals surface area contributed by atoms with Gasteiger partial charge in [-0.3, -0.25) is 4.98 Å². The van der Waals surface area contributed by atoms with Crippen LogP contribution in [0.3, 0.4) is 0 Å². The van der Waals surface area contributed by atoms with Crippen molar-refractivity contribution in [2.45, 2.75) is 52.4 Å². The van der Waals surface area contributed by atoms with E-state index >= 15 is 0 Å². The van der Waals surface area contributed by atoms with Crippen molar-refractivity contribution in [1.29, 1.82) is 0 Å². The standard InChI is InChI=1S/C19H26BNO4/c1-13-10-21-17(14(2)18(13)22-5)11-23-16-8-6-15(7-9-16)20-24-12-19(3,4)25-20/h6-8,10,16H,9,11-12H2,1-5H3. The zero-order valence-electron chi connectivity index (χ0n) is 15.7. The summed E-state index contributed by atoms with van der Waals surface area (Å²) in [4.78, 5) is 4.48. The third kappa shape index (κ3) is 4.14. The van der Waals surface area contributed by atoms with E-state index in [0.717, 1.165) is 34.5 Å². The molecule has 1 aliphatic carbocycles. The molecule has 1 aromatic heterocycles. The fraction of sp³-hybridized carbons (Fsp3) is 0.526. The van der Waals surface area contributed by atoms with Crippen molar-refractivity contribution in [3.63, 3.8) is 0 Å². The van der Waals surface area contributed by atoms with Gasteiger partial charge in [0.15, 0.2) is 0 Å². The number of ether oxygens (including phenoxy) is 2. The molecule has 0 N–H and O–H groups in total. The molecule has 0 aromatic carbocycles. The normalized spacial score (nSPS) is 22.2. The molecule has 6 heteroatoms. The van der Waals surface area contributed by atoms with Crippen molar-refractivity contribution in [2.24, 2.45) is 0 Å². The second-order valence-electron chi connectivity index (χ2n) is 7.22. The molecular formula is C19H26BNO4. The number of hydrogen-bond donors (Lipinski definition) is 0. The average Bonchev–Trinajstić information content (AvgIpc) is 2.95. The second-order valence-corrected chi connectivity index (χ2v) is 7.22. The number of pyridine rings is 1. The lowest BCUT2D eigenvalue weighted by molar-refractivity contribution is 0.0704. The van der Waals surface area contributed by atoms with Gasteiger partial charge in [-0.05, 0) is 39.6 Å². The fourth-order valence-corrected chi connectivity index (χ4v) is 3.12. The Kier molecular flexibility index (Phi) is 5.32. The van der Waals surface area contributed by atoms with Gasteiger partial charge in [-0.25, -0.2) is 0 Å². The van der Waals surface area contributed by atoms with E-state index in [0.29, 0.717) is 13.2 Å². The third-order valence-corrected chi connectivity index (χ3v) is 4.55. The Labute approximate surface area is 150 Å². The molecule has 2 heterocycles. The van der Waals surface area contributed by atoms with Crippen LogP contribution in [0.25, 0.3) is 0 Å². The summed E-state index contributed by atoms with van der Waals surface area (Å²) in [6.45, 7) is 9.17. The van der Waals surface area contributed by atoms with Crippen LogP contribution in [0.15, 0.2) is 29.9 Å². The van der Waals surface area contributed by atoms with Crippen LogP contribution >= 0.6 is 0 Å². The van der Waals surface area contributed by atoms with Crippen molar-refractivity contribution in [3.8, 4) is 5.75 Å². The van der Waals surface area contributed by atoms with Crippen LogP contribution < -0.4 is 4.74 Å². The van der Waals surface area contributed by atoms with Crippen LogP contribution in [-0.2, 0) is 20.7 Å². The average molecular weight is 343 g/mol. The maximum Gasteiger partial charge on any atom is 0.494 e. The van der Waals surface area contributed by atoms with Crippen LogP contribution in [0.4, 0.5) is 0 Å². The van der Waals surface area contributed by atoms with Crippen molar-refractivity contribution in [3.05, 3.63) is 46.7 Å². The first-order valence-corrected chi connectivity index (χ1v) is 8.68. The van der Waals surface area contributed by atoms with Gasteiger partial charge in [-0.1, -0.05) is 18.2 Å². The Hall–Kier alpha value is -1.63.